The van der Waals surface area contributed by atoms with Crippen LogP contribution in [0.1, 0.15) is 163 Å². The van der Waals surface area contributed by atoms with E-state index in [4.69, 9.17) is 31.4 Å². The van der Waals surface area contributed by atoms with Gasteiger partial charge < -0.3 is 9.80 Å². The van der Waals surface area contributed by atoms with Crippen molar-refractivity contribution in [2.75, 3.05) is 31.9 Å². The molecule has 2 saturated carbocycles. The number of carbonyl (C=O) groups excluding carboxylic acids is 2. The van der Waals surface area contributed by atoms with Crippen molar-refractivity contribution in [3.63, 3.8) is 0 Å². The molecule has 0 aromatic heterocycles. The molecule has 5 rings (SSSR count). The Labute approximate surface area is 345 Å². The Morgan fingerprint density at radius 1 is 0.981 bits per heavy atom. The highest BCUT2D eigenvalue weighted by atomic mass is 32.1. The molecule has 1 heterocycles. The lowest BCUT2D eigenvalue weighted by Crippen LogP contribution is -2.47. The summed E-state index contributed by atoms with van der Waals surface area (Å²) in [5, 5.41) is -1.31. The van der Waals surface area contributed by atoms with Gasteiger partial charge in [-0.2, -0.15) is 12.6 Å². The van der Waals surface area contributed by atoms with Gasteiger partial charge in [0.15, 0.2) is 0 Å². The predicted molar refractivity (Wildman–Crippen MR) is 240 cm³/mol. The van der Waals surface area contributed by atoms with Gasteiger partial charge in [0.1, 0.15) is 5.78 Å². The van der Waals surface area contributed by atoms with Crippen LogP contribution in [0.15, 0.2) is 18.2 Å². The van der Waals surface area contributed by atoms with Crippen LogP contribution >= 0.6 is 12.6 Å². The zero-order valence-corrected chi connectivity index (χ0v) is 36.9. The molecule has 0 bridgehead atoms. The van der Waals surface area contributed by atoms with Crippen LogP contribution in [0.3, 0.4) is 0 Å². The first-order valence-corrected chi connectivity index (χ1v) is 22.3. The van der Waals surface area contributed by atoms with Crippen LogP contribution in [0.2, 0.25) is 16.3 Å². The summed E-state index contributed by atoms with van der Waals surface area (Å²) in [4.78, 5) is 30.7. The molecule has 1 amide bonds. The molecular formula is C45H76B4N2O2S. The fourth-order valence-electron chi connectivity index (χ4n) is 9.37. The smallest absolute Gasteiger partial charge is 0.226 e. The Bertz CT molecular complexity index is 1340. The summed E-state index contributed by atoms with van der Waals surface area (Å²) in [6, 6.07) is 7.47. The first kappa shape index (κ1) is 47.3. The molecule has 1 aromatic carbocycles. The van der Waals surface area contributed by atoms with Gasteiger partial charge in [-0.05, 0) is 129 Å². The average molecular weight is 752 g/mol. The van der Waals surface area contributed by atoms with Crippen molar-refractivity contribution in [2.24, 2.45) is 22.7 Å². The van der Waals surface area contributed by atoms with E-state index in [9.17, 15) is 9.59 Å². The number of fused-ring (bicyclic) bond motifs is 5. The van der Waals surface area contributed by atoms with Crippen LogP contribution in [-0.4, -0.2) is 90.8 Å². The van der Waals surface area contributed by atoms with Crippen LogP contribution in [0.4, 0.5) is 0 Å². The summed E-state index contributed by atoms with van der Waals surface area (Å²) in [6.45, 7) is 23.6. The van der Waals surface area contributed by atoms with Crippen LogP contribution in [0.25, 0.3) is 0 Å². The van der Waals surface area contributed by atoms with E-state index in [1.54, 1.807) is 0 Å². The number of amides is 1. The first-order chi connectivity index (χ1) is 25.3. The van der Waals surface area contributed by atoms with Crippen molar-refractivity contribution in [1.29, 1.82) is 0 Å². The highest BCUT2D eigenvalue weighted by Gasteiger charge is 2.56. The molecule has 0 spiro atoms. The van der Waals surface area contributed by atoms with Crippen molar-refractivity contribution in [3.05, 3.63) is 34.9 Å². The number of likely N-dealkylation sites (tertiary alicyclic amines) is 1. The van der Waals surface area contributed by atoms with Gasteiger partial charge in [-0.3, -0.25) is 9.59 Å². The van der Waals surface area contributed by atoms with Gasteiger partial charge in [0.05, 0.1) is 37.8 Å². The van der Waals surface area contributed by atoms with E-state index in [2.05, 4.69) is 89.1 Å². The zero-order chi connectivity index (χ0) is 40.5. The molecule has 3 fully saturated rings. The summed E-state index contributed by atoms with van der Waals surface area (Å²) in [5.74, 6) is 2.67. The van der Waals surface area contributed by atoms with Crippen LogP contribution < -0.4 is 0 Å². The number of hydrogen-bond donors (Lipinski definition) is 1. The average Bonchev–Trinajstić information content (AvgIpc) is 3.38. The van der Waals surface area contributed by atoms with Crippen molar-refractivity contribution in [2.45, 2.75) is 181 Å². The minimum atomic E-state index is -0.782. The molecule has 4 aliphatic rings. The number of aryl methyl sites for hydroxylation is 1. The molecule has 3 aliphatic carbocycles. The Hall–Kier alpha value is -1.07. The van der Waals surface area contributed by atoms with Gasteiger partial charge in [-0.25, -0.2) is 0 Å². The number of nitrogens with zero attached hydrogens (tertiary/aromatic N) is 2. The molecule has 1 saturated heterocycles. The number of carbonyl (C=O) groups is 2. The zero-order valence-electron chi connectivity index (χ0n) is 36.0. The third-order valence-corrected chi connectivity index (χ3v) is 14.5. The van der Waals surface area contributed by atoms with Crippen molar-refractivity contribution < 1.29 is 11.0 Å². The Morgan fingerprint density at radius 2 is 1.59 bits per heavy atom. The lowest BCUT2D eigenvalue weighted by atomic mass is 9.36. The second-order valence-corrected chi connectivity index (χ2v) is 19.3. The fourth-order valence-corrected chi connectivity index (χ4v) is 9.53. The Balaban J connectivity index is 0.000000459. The van der Waals surface area contributed by atoms with Crippen LogP contribution in [0.5, 0.6) is 0 Å². The maximum atomic E-state index is 13.2. The molecule has 9 heteroatoms. The molecule has 0 N–H and O–H groups in total. The quantitative estimate of drug-likeness (QED) is 0.161. The van der Waals surface area contributed by atoms with E-state index in [1.165, 1.54) is 49.9 Å². The second kappa shape index (κ2) is 20.6. The van der Waals surface area contributed by atoms with Crippen LogP contribution in [-0.2, 0) is 22.4 Å². The molecule has 296 valence electrons. The fraction of sp³-hybridized carbons (Fsp3) is 0.822. The van der Waals surface area contributed by atoms with E-state index in [-0.39, 0.29) is 18.6 Å². The molecule has 4 nitrogen and oxygen atoms in total. The molecule has 54 heavy (non-hydrogen) atoms. The van der Waals surface area contributed by atoms with E-state index in [1.807, 2.05) is 13.8 Å². The normalized spacial score (nSPS) is 25.8. The SMILES string of the molecule is CCC(C)(C)CC.[B]C(C)(C)C([B])([B])CCCS.[B]C1CC2C3CCc4cc(CC(=O)N5CCC(N(CCC)CCC)CC5)ccc4C3CCC2(C)C1=O.[HH]. The molecule has 1 aliphatic heterocycles. The topological polar surface area (TPSA) is 40.6 Å². The summed E-state index contributed by atoms with van der Waals surface area (Å²) >= 11 is 4.08. The molecule has 8 radical (unpaired) electrons. The second-order valence-electron chi connectivity index (χ2n) is 18.9. The number of ketones is 1. The number of piperidine rings is 1. The molecular weight excluding hydrogens is 676 g/mol. The summed E-state index contributed by atoms with van der Waals surface area (Å²) in [5.41, 5.74) is 4.45. The maximum absolute atomic E-state index is 13.2. The summed E-state index contributed by atoms with van der Waals surface area (Å²) in [6.07, 6.45) is 14.4. The van der Waals surface area contributed by atoms with Gasteiger partial charge in [0.25, 0.3) is 0 Å². The van der Waals surface area contributed by atoms with E-state index >= 15 is 0 Å². The summed E-state index contributed by atoms with van der Waals surface area (Å²) in [7, 11) is 23.6. The van der Waals surface area contributed by atoms with Gasteiger partial charge >= 0.3 is 0 Å². The number of rotatable bonds is 13. The van der Waals surface area contributed by atoms with E-state index in [0.717, 1.165) is 75.8 Å². The van der Waals surface area contributed by atoms with Crippen molar-refractivity contribution in [1.82, 2.24) is 9.80 Å². The third kappa shape index (κ3) is 12.0. The number of Topliss-reactive ketones (excluding diaryl/α,β-unsaturated/α-hetero) is 1. The van der Waals surface area contributed by atoms with E-state index in [0.29, 0.717) is 47.8 Å². The number of hydrogen-bond acceptors (Lipinski definition) is 4. The number of thiol groups is 1. The van der Waals surface area contributed by atoms with Gasteiger partial charge in [-0.1, -0.05) is 105 Å². The Morgan fingerprint density at radius 3 is 2.11 bits per heavy atom. The monoisotopic (exact) mass is 753 g/mol. The summed E-state index contributed by atoms with van der Waals surface area (Å²) < 4.78 is 0. The minimum absolute atomic E-state index is 0. The maximum Gasteiger partial charge on any atom is 0.226 e. The van der Waals surface area contributed by atoms with E-state index < -0.39 is 10.5 Å². The third-order valence-electron chi connectivity index (χ3n) is 14.2. The van der Waals surface area contributed by atoms with Gasteiger partial charge in [0, 0.05) is 26.0 Å². The lowest BCUT2D eigenvalue weighted by molar-refractivity contribution is -0.132. The minimum Gasteiger partial charge on any atom is -0.342 e. The van der Waals surface area contributed by atoms with Crippen molar-refractivity contribution in [3.8, 4) is 0 Å². The molecule has 5 atom stereocenters. The van der Waals surface area contributed by atoms with Gasteiger partial charge in [-0.15, -0.1) is 5.21 Å². The highest BCUT2D eigenvalue weighted by molar-refractivity contribution is 7.80. The Kier molecular flexibility index (Phi) is 18.0. The highest BCUT2D eigenvalue weighted by Crippen LogP contribution is 2.61. The molecule has 5 unspecified atom stereocenters. The molecule has 1 aromatic rings. The van der Waals surface area contributed by atoms with Crippen molar-refractivity contribution >= 4 is 55.7 Å². The van der Waals surface area contributed by atoms with Crippen LogP contribution in [0, 0.1) is 22.7 Å². The number of benzene rings is 1. The predicted octanol–water partition coefficient (Wildman–Crippen LogP) is 9.93. The lowest BCUT2D eigenvalue weighted by Gasteiger charge is -2.48. The largest absolute Gasteiger partial charge is 0.342 e. The standard InChI is InChI=1S/C31H45BN2O2.C7H13B3S.C7H16.H2/c1-4-14-33(15-5-2)23-11-16-34(17-12-23)29(35)19-21-6-8-24-22(18-21)7-9-26-25(24)10-13-31(3)27(26)20-28(32)30(31)36;1-6(2,8)7(9,10)4-3-5-11;1-5-7(3,4)6-2;/h6,8,18,23,25-28H,4-5,7,9-17,19-20H2,1-3H3;11H,3-5H2,1-2H3;5-6H2,1-4H3;1H. The van der Waals surface area contributed by atoms with Gasteiger partial charge in [0.2, 0.25) is 5.91 Å². The first-order valence-electron chi connectivity index (χ1n) is 21.7.